The number of hydrogen-bond acceptors (Lipinski definition) is 8. The van der Waals surface area contributed by atoms with Crippen LogP contribution in [-0.4, -0.2) is 62.1 Å². The van der Waals surface area contributed by atoms with Gasteiger partial charge in [-0.3, -0.25) is 4.98 Å². The van der Waals surface area contributed by atoms with E-state index in [-0.39, 0.29) is 0 Å². The molecule has 2 aromatic heterocycles. The van der Waals surface area contributed by atoms with Gasteiger partial charge in [0.1, 0.15) is 5.01 Å². The highest BCUT2D eigenvalue weighted by Crippen LogP contribution is 2.47. The molecule has 4 rings (SSSR count). The molecule has 2 aromatic rings. The van der Waals surface area contributed by atoms with Crippen LogP contribution in [0.25, 0.3) is 0 Å². The molecule has 2 aliphatic rings. The van der Waals surface area contributed by atoms with Crippen molar-refractivity contribution in [2.24, 2.45) is 0 Å². The molecule has 7 nitrogen and oxygen atoms in total. The van der Waals surface area contributed by atoms with E-state index in [1.807, 2.05) is 19.2 Å². The lowest BCUT2D eigenvalue weighted by atomic mass is 9.93. The number of thioether (sulfide) groups is 1. The number of hydrogen-bond donors (Lipinski definition) is 1. The molecule has 0 amide bonds. The van der Waals surface area contributed by atoms with E-state index < -0.39 is 12.1 Å². The molecular formula is C17H19F3N4O3S2. The summed E-state index contributed by atoms with van der Waals surface area (Å²) in [6.07, 6.45) is 0.0677. The molecule has 0 saturated carbocycles. The first-order valence-corrected chi connectivity index (χ1v) is 10.5. The van der Waals surface area contributed by atoms with Gasteiger partial charge in [-0.1, -0.05) is 17.4 Å². The molecule has 2 fully saturated rings. The number of nitrogens with zero attached hydrogens (tertiary/aromatic N) is 4. The number of pyridine rings is 1. The van der Waals surface area contributed by atoms with Crippen molar-refractivity contribution in [3.63, 3.8) is 0 Å². The Labute approximate surface area is 173 Å². The lowest BCUT2D eigenvalue weighted by Gasteiger charge is -2.47. The van der Waals surface area contributed by atoms with Crippen molar-refractivity contribution in [1.82, 2.24) is 15.2 Å². The van der Waals surface area contributed by atoms with Gasteiger partial charge in [0, 0.05) is 31.2 Å². The Morgan fingerprint density at radius 2 is 2.14 bits per heavy atom. The SMILES string of the molecule is Cc1nnc(N2CC3(CC(OCc4cccnc4)CS3)C2)s1.O=C(O)C(F)(F)F. The molecular weight excluding hydrogens is 429 g/mol. The normalized spacial score (nSPS) is 20.1. The molecule has 2 aliphatic heterocycles. The van der Waals surface area contributed by atoms with Gasteiger partial charge < -0.3 is 14.7 Å². The fourth-order valence-electron chi connectivity index (χ4n) is 3.03. The van der Waals surface area contributed by atoms with Gasteiger partial charge in [-0.2, -0.15) is 13.2 Å². The predicted molar refractivity (Wildman–Crippen MR) is 103 cm³/mol. The van der Waals surface area contributed by atoms with Crippen molar-refractivity contribution in [3.05, 3.63) is 35.1 Å². The zero-order valence-corrected chi connectivity index (χ0v) is 17.1. The quantitative estimate of drug-likeness (QED) is 0.763. The van der Waals surface area contributed by atoms with Crippen LogP contribution >= 0.6 is 23.1 Å². The first kappa shape index (κ1) is 21.8. The van der Waals surface area contributed by atoms with E-state index in [1.54, 1.807) is 17.5 Å². The molecule has 1 atom stereocenters. The molecule has 0 aromatic carbocycles. The number of aliphatic carboxylic acids is 1. The highest BCUT2D eigenvalue weighted by atomic mass is 32.2. The van der Waals surface area contributed by atoms with Crippen LogP contribution in [-0.2, 0) is 16.1 Å². The van der Waals surface area contributed by atoms with Crippen LogP contribution in [0.15, 0.2) is 24.5 Å². The smallest absolute Gasteiger partial charge is 0.475 e. The van der Waals surface area contributed by atoms with Gasteiger partial charge in [-0.25, -0.2) is 4.79 Å². The van der Waals surface area contributed by atoms with Crippen molar-refractivity contribution in [3.8, 4) is 0 Å². The summed E-state index contributed by atoms with van der Waals surface area (Å²) in [5, 5.41) is 17.6. The lowest BCUT2D eigenvalue weighted by molar-refractivity contribution is -0.192. The molecule has 1 spiro atoms. The summed E-state index contributed by atoms with van der Waals surface area (Å²) in [5.74, 6) is -1.67. The fraction of sp³-hybridized carbons (Fsp3) is 0.529. The summed E-state index contributed by atoms with van der Waals surface area (Å²) in [4.78, 5) is 15.4. The molecule has 158 valence electrons. The molecule has 1 unspecified atom stereocenters. The predicted octanol–water partition coefficient (Wildman–Crippen LogP) is 3.16. The number of ether oxygens (including phenoxy) is 1. The minimum atomic E-state index is -5.08. The van der Waals surface area contributed by atoms with Crippen LogP contribution in [0.4, 0.5) is 18.3 Å². The van der Waals surface area contributed by atoms with Crippen LogP contribution in [0.1, 0.15) is 17.0 Å². The highest BCUT2D eigenvalue weighted by Gasteiger charge is 2.50. The number of alkyl halides is 3. The zero-order valence-electron chi connectivity index (χ0n) is 15.4. The standard InChI is InChI=1S/C15H18N4OS2.C2HF3O2/c1-11-17-18-14(22-11)19-9-15(10-19)5-13(8-21-15)20-7-12-3-2-4-16-6-12;3-2(4,5)1(6)7/h2-4,6,13H,5,7-10H2,1H3;(H,6,7). The van der Waals surface area contributed by atoms with Gasteiger partial charge in [0.25, 0.3) is 0 Å². The fourth-order valence-corrected chi connectivity index (χ4v) is 5.26. The van der Waals surface area contributed by atoms with Gasteiger partial charge in [0.15, 0.2) is 0 Å². The molecule has 1 N–H and O–H groups in total. The van der Waals surface area contributed by atoms with Crippen molar-refractivity contribution < 1.29 is 27.8 Å². The summed E-state index contributed by atoms with van der Waals surface area (Å²) in [7, 11) is 0. The summed E-state index contributed by atoms with van der Waals surface area (Å²) >= 11 is 3.73. The maximum atomic E-state index is 10.6. The molecule has 4 heterocycles. The first-order valence-electron chi connectivity index (χ1n) is 8.66. The van der Waals surface area contributed by atoms with E-state index in [0.29, 0.717) is 17.5 Å². The number of carboxylic acid groups (broad SMARTS) is 1. The van der Waals surface area contributed by atoms with E-state index in [1.165, 1.54) is 0 Å². The Morgan fingerprint density at radius 1 is 1.41 bits per heavy atom. The summed E-state index contributed by atoms with van der Waals surface area (Å²) in [6.45, 7) is 4.80. The number of carboxylic acids is 1. The Kier molecular flexibility index (Phi) is 6.64. The van der Waals surface area contributed by atoms with E-state index >= 15 is 0 Å². The van der Waals surface area contributed by atoms with Crippen LogP contribution < -0.4 is 4.90 Å². The number of carbonyl (C=O) groups is 1. The number of aryl methyl sites for hydroxylation is 1. The average molecular weight is 448 g/mol. The van der Waals surface area contributed by atoms with Crippen molar-refractivity contribution in [2.45, 2.75) is 37.0 Å². The molecule has 0 aliphatic carbocycles. The third kappa shape index (κ3) is 5.80. The monoisotopic (exact) mass is 448 g/mol. The average Bonchev–Trinajstić information content (AvgIpc) is 3.26. The Balaban J connectivity index is 0.000000298. The Bertz CT molecular complexity index is 829. The summed E-state index contributed by atoms with van der Waals surface area (Å²) in [6, 6.07) is 4.02. The summed E-state index contributed by atoms with van der Waals surface area (Å²) in [5.41, 5.74) is 1.15. The Morgan fingerprint density at radius 3 is 2.69 bits per heavy atom. The van der Waals surface area contributed by atoms with Gasteiger partial charge >= 0.3 is 12.1 Å². The minimum Gasteiger partial charge on any atom is -0.475 e. The largest absolute Gasteiger partial charge is 0.490 e. The topological polar surface area (TPSA) is 88.4 Å². The zero-order chi connectivity index (χ0) is 21.1. The van der Waals surface area contributed by atoms with Crippen molar-refractivity contribution in [1.29, 1.82) is 0 Å². The number of aromatic nitrogens is 3. The van der Waals surface area contributed by atoms with Gasteiger partial charge in [-0.05, 0) is 25.0 Å². The molecule has 0 bridgehead atoms. The van der Waals surface area contributed by atoms with E-state index in [9.17, 15) is 13.2 Å². The van der Waals surface area contributed by atoms with E-state index in [4.69, 9.17) is 14.6 Å². The van der Waals surface area contributed by atoms with Gasteiger partial charge in [0.05, 0.1) is 17.5 Å². The second-order valence-electron chi connectivity index (χ2n) is 6.76. The molecule has 0 radical (unpaired) electrons. The van der Waals surface area contributed by atoms with Gasteiger partial charge in [0.2, 0.25) is 5.13 Å². The van der Waals surface area contributed by atoms with Crippen molar-refractivity contribution in [2.75, 3.05) is 23.7 Å². The van der Waals surface area contributed by atoms with Crippen LogP contribution in [0.3, 0.4) is 0 Å². The van der Waals surface area contributed by atoms with Crippen LogP contribution in [0.5, 0.6) is 0 Å². The molecule has 2 saturated heterocycles. The van der Waals surface area contributed by atoms with Gasteiger partial charge in [-0.15, -0.1) is 22.0 Å². The van der Waals surface area contributed by atoms with Crippen LogP contribution in [0, 0.1) is 6.92 Å². The Hall–Kier alpha value is -1.92. The second-order valence-corrected chi connectivity index (χ2v) is 9.40. The van der Waals surface area contributed by atoms with Crippen molar-refractivity contribution >= 4 is 34.2 Å². The maximum Gasteiger partial charge on any atom is 0.490 e. The number of anilines is 1. The minimum absolute atomic E-state index is 0.350. The third-order valence-electron chi connectivity index (χ3n) is 4.37. The first-order chi connectivity index (χ1) is 13.7. The number of rotatable bonds is 4. The van der Waals surface area contributed by atoms with E-state index in [2.05, 4.69) is 37.9 Å². The van der Waals surface area contributed by atoms with E-state index in [0.717, 1.165) is 41.0 Å². The van der Waals surface area contributed by atoms with Crippen LogP contribution in [0.2, 0.25) is 0 Å². The summed E-state index contributed by atoms with van der Waals surface area (Å²) < 4.78 is 38.2. The molecule has 12 heteroatoms. The lowest BCUT2D eigenvalue weighted by Crippen LogP contribution is -2.59. The maximum absolute atomic E-state index is 10.6. The number of halogens is 3. The third-order valence-corrected chi connectivity index (χ3v) is 6.85. The molecule has 29 heavy (non-hydrogen) atoms. The highest BCUT2D eigenvalue weighted by molar-refractivity contribution is 8.01. The second kappa shape index (κ2) is 8.84.